The van der Waals surface area contributed by atoms with Crippen molar-refractivity contribution in [2.75, 3.05) is 40.4 Å². The van der Waals surface area contributed by atoms with Gasteiger partial charge in [-0.3, -0.25) is 4.79 Å². The lowest BCUT2D eigenvalue weighted by atomic mass is 10.1. The van der Waals surface area contributed by atoms with Crippen molar-refractivity contribution in [3.8, 4) is 0 Å². The van der Waals surface area contributed by atoms with Crippen LogP contribution < -0.4 is 10.6 Å². The van der Waals surface area contributed by atoms with E-state index in [2.05, 4.69) is 10.6 Å². The summed E-state index contributed by atoms with van der Waals surface area (Å²) in [6.45, 7) is 1.85. The molecule has 1 atom stereocenters. The van der Waals surface area contributed by atoms with E-state index < -0.39 is 24.0 Å². The van der Waals surface area contributed by atoms with E-state index in [0.717, 1.165) is 6.54 Å². The maximum atomic E-state index is 11.4. The number of rotatable bonds is 11. The predicted octanol–water partition coefficient (Wildman–Crippen LogP) is -0.818. The minimum Gasteiger partial charge on any atom is -0.481 e. The summed E-state index contributed by atoms with van der Waals surface area (Å²) < 4.78 is 5.25. The molecule has 0 aliphatic rings. The first kappa shape index (κ1) is 19.1. The van der Waals surface area contributed by atoms with E-state index in [1.807, 2.05) is 19.0 Å². The molecule has 0 saturated carbocycles. The number of carboxylic acid groups (broad SMARTS) is 2. The lowest BCUT2D eigenvalue weighted by molar-refractivity contribution is -0.140. The van der Waals surface area contributed by atoms with Crippen LogP contribution in [0.25, 0.3) is 0 Å². The number of nitrogens with zero attached hydrogens (tertiary/aromatic N) is 1. The highest BCUT2D eigenvalue weighted by molar-refractivity contribution is 5.82. The SMILES string of the molecule is CN(C)CCOCCNC(=O)N[C@@H](CCC(=O)O)C(=O)O. The van der Waals surface area contributed by atoms with Crippen molar-refractivity contribution in [3.63, 3.8) is 0 Å². The van der Waals surface area contributed by atoms with Crippen LogP contribution in [0.15, 0.2) is 0 Å². The average molecular weight is 305 g/mol. The fourth-order valence-electron chi connectivity index (χ4n) is 1.32. The molecule has 4 N–H and O–H groups in total. The number of carbonyl (C=O) groups is 3. The van der Waals surface area contributed by atoms with Crippen LogP contribution in [0.3, 0.4) is 0 Å². The molecular weight excluding hydrogens is 282 g/mol. The van der Waals surface area contributed by atoms with E-state index in [-0.39, 0.29) is 19.4 Å². The number of aliphatic carboxylic acids is 2. The number of hydrogen-bond donors (Lipinski definition) is 4. The second-order valence-electron chi connectivity index (χ2n) is 4.64. The van der Waals surface area contributed by atoms with E-state index in [1.165, 1.54) is 0 Å². The Morgan fingerprint density at radius 2 is 1.86 bits per heavy atom. The van der Waals surface area contributed by atoms with Crippen molar-refractivity contribution in [3.05, 3.63) is 0 Å². The number of ether oxygens (including phenoxy) is 1. The molecule has 0 unspecified atom stereocenters. The normalized spacial score (nSPS) is 12.0. The van der Waals surface area contributed by atoms with Gasteiger partial charge < -0.3 is 30.5 Å². The molecule has 0 aliphatic heterocycles. The number of carbonyl (C=O) groups excluding carboxylic acids is 1. The van der Waals surface area contributed by atoms with Gasteiger partial charge in [0.05, 0.1) is 13.2 Å². The zero-order valence-corrected chi connectivity index (χ0v) is 12.3. The van der Waals surface area contributed by atoms with E-state index in [4.69, 9.17) is 14.9 Å². The fourth-order valence-corrected chi connectivity index (χ4v) is 1.32. The number of urea groups is 1. The van der Waals surface area contributed by atoms with Gasteiger partial charge in [-0.25, -0.2) is 9.59 Å². The average Bonchev–Trinajstić information content (AvgIpc) is 2.37. The first-order valence-corrected chi connectivity index (χ1v) is 6.54. The van der Waals surface area contributed by atoms with E-state index >= 15 is 0 Å². The molecule has 0 heterocycles. The first-order valence-electron chi connectivity index (χ1n) is 6.54. The van der Waals surface area contributed by atoms with Crippen molar-refractivity contribution >= 4 is 18.0 Å². The maximum Gasteiger partial charge on any atom is 0.326 e. The second-order valence-corrected chi connectivity index (χ2v) is 4.64. The highest BCUT2D eigenvalue weighted by atomic mass is 16.5. The Morgan fingerprint density at radius 1 is 1.19 bits per heavy atom. The molecule has 122 valence electrons. The highest BCUT2D eigenvalue weighted by Gasteiger charge is 2.20. The van der Waals surface area contributed by atoms with Gasteiger partial charge in [0, 0.05) is 19.5 Å². The summed E-state index contributed by atoms with van der Waals surface area (Å²) in [5.41, 5.74) is 0. The minimum atomic E-state index is -1.27. The lowest BCUT2D eigenvalue weighted by Gasteiger charge is -2.14. The zero-order chi connectivity index (χ0) is 16.3. The molecule has 21 heavy (non-hydrogen) atoms. The molecular formula is C12H23N3O6. The van der Waals surface area contributed by atoms with Gasteiger partial charge in [0.15, 0.2) is 0 Å². The summed E-state index contributed by atoms with van der Waals surface area (Å²) in [5, 5.41) is 22.0. The van der Waals surface area contributed by atoms with Gasteiger partial charge in [-0.1, -0.05) is 0 Å². The van der Waals surface area contributed by atoms with Crippen LogP contribution in [0.1, 0.15) is 12.8 Å². The van der Waals surface area contributed by atoms with Crippen LogP contribution in [0.2, 0.25) is 0 Å². The molecule has 0 aromatic carbocycles. The molecule has 0 bridgehead atoms. The Hall–Kier alpha value is -1.87. The number of hydrogen-bond acceptors (Lipinski definition) is 5. The maximum absolute atomic E-state index is 11.4. The number of carboxylic acids is 2. The van der Waals surface area contributed by atoms with Crippen LogP contribution in [0.5, 0.6) is 0 Å². The van der Waals surface area contributed by atoms with Crippen molar-refractivity contribution in [1.82, 2.24) is 15.5 Å². The third kappa shape index (κ3) is 11.6. The molecule has 0 aromatic heterocycles. The van der Waals surface area contributed by atoms with Gasteiger partial charge in [0.2, 0.25) is 0 Å². The monoisotopic (exact) mass is 305 g/mol. The van der Waals surface area contributed by atoms with Crippen molar-refractivity contribution in [1.29, 1.82) is 0 Å². The summed E-state index contributed by atoms with van der Waals surface area (Å²) in [5.74, 6) is -2.38. The Bertz CT molecular complexity index is 348. The molecule has 2 amide bonds. The molecule has 0 aliphatic carbocycles. The predicted molar refractivity (Wildman–Crippen MR) is 74.2 cm³/mol. The minimum absolute atomic E-state index is 0.169. The smallest absolute Gasteiger partial charge is 0.326 e. The van der Waals surface area contributed by atoms with Crippen LogP contribution >= 0.6 is 0 Å². The van der Waals surface area contributed by atoms with Crippen LogP contribution in [-0.4, -0.2) is 79.5 Å². The first-order chi connectivity index (χ1) is 9.82. The summed E-state index contributed by atoms with van der Waals surface area (Å²) in [4.78, 5) is 34.7. The number of likely N-dealkylation sites (N-methyl/N-ethyl adjacent to an activating group) is 1. The Balaban J connectivity index is 3.83. The molecule has 0 aromatic rings. The van der Waals surface area contributed by atoms with Crippen LogP contribution in [-0.2, 0) is 14.3 Å². The van der Waals surface area contributed by atoms with E-state index in [9.17, 15) is 14.4 Å². The lowest BCUT2D eigenvalue weighted by Crippen LogP contribution is -2.46. The Kier molecular flexibility index (Phi) is 9.90. The second kappa shape index (κ2) is 10.9. The summed E-state index contributed by atoms with van der Waals surface area (Å²) in [6, 6.07) is -1.89. The summed E-state index contributed by atoms with van der Waals surface area (Å²) in [7, 11) is 3.83. The van der Waals surface area contributed by atoms with Crippen molar-refractivity contribution < 1.29 is 29.3 Å². The third-order valence-corrected chi connectivity index (χ3v) is 2.47. The molecule has 0 fully saturated rings. The largest absolute Gasteiger partial charge is 0.481 e. The molecule has 9 nitrogen and oxygen atoms in total. The topological polar surface area (TPSA) is 128 Å². The molecule has 9 heteroatoms. The third-order valence-electron chi connectivity index (χ3n) is 2.47. The van der Waals surface area contributed by atoms with E-state index in [0.29, 0.717) is 13.2 Å². The summed E-state index contributed by atoms with van der Waals surface area (Å²) >= 11 is 0. The van der Waals surface area contributed by atoms with Gasteiger partial charge in [-0.15, -0.1) is 0 Å². The van der Waals surface area contributed by atoms with Crippen molar-refractivity contribution in [2.45, 2.75) is 18.9 Å². The van der Waals surface area contributed by atoms with E-state index in [1.54, 1.807) is 0 Å². The fraction of sp³-hybridized carbons (Fsp3) is 0.750. The van der Waals surface area contributed by atoms with Crippen LogP contribution in [0.4, 0.5) is 4.79 Å². The molecule has 0 radical (unpaired) electrons. The van der Waals surface area contributed by atoms with Gasteiger partial charge in [0.25, 0.3) is 0 Å². The molecule has 0 spiro atoms. The standard InChI is InChI=1S/C12H23N3O6/c1-15(2)6-8-21-7-5-13-12(20)14-9(11(18)19)3-4-10(16)17/h9H,3-8H2,1-2H3,(H,16,17)(H,18,19)(H2,13,14,20)/t9-/m0/s1. The van der Waals surface area contributed by atoms with Gasteiger partial charge in [0.1, 0.15) is 6.04 Å². The quantitative estimate of drug-likeness (QED) is 0.367. The van der Waals surface area contributed by atoms with Crippen LogP contribution in [0, 0.1) is 0 Å². The number of amides is 2. The highest BCUT2D eigenvalue weighted by Crippen LogP contribution is 1.97. The van der Waals surface area contributed by atoms with Gasteiger partial charge >= 0.3 is 18.0 Å². The van der Waals surface area contributed by atoms with Crippen molar-refractivity contribution in [2.24, 2.45) is 0 Å². The molecule has 0 rings (SSSR count). The zero-order valence-electron chi connectivity index (χ0n) is 12.3. The van der Waals surface area contributed by atoms with Gasteiger partial charge in [-0.05, 0) is 20.5 Å². The Labute approximate surface area is 123 Å². The number of nitrogens with one attached hydrogen (secondary N) is 2. The summed E-state index contributed by atoms with van der Waals surface area (Å²) in [6.07, 6.45) is -0.498. The van der Waals surface area contributed by atoms with Gasteiger partial charge in [-0.2, -0.15) is 0 Å². The Morgan fingerprint density at radius 3 is 2.38 bits per heavy atom. The molecule has 0 saturated heterocycles.